The Balaban J connectivity index is 2.84. The Morgan fingerprint density at radius 1 is 1.69 bits per heavy atom. The first-order valence-electron chi connectivity index (χ1n) is 4.24. The highest BCUT2D eigenvalue weighted by Crippen LogP contribution is 2.12. The third kappa shape index (κ3) is 2.74. The fourth-order valence-electron chi connectivity index (χ4n) is 1.14. The number of nitrogens with one attached hydrogen (secondary N) is 1. The summed E-state index contributed by atoms with van der Waals surface area (Å²) in [7, 11) is 0. The minimum atomic E-state index is -0.573. The predicted octanol–water partition coefficient (Wildman–Crippen LogP) is 1.52. The van der Waals surface area contributed by atoms with Gasteiger partial charge in [0.1, 0.15) is 5.82 Å². The van der Waals surface area contributed by atoms with Crippen LogP contribution in [-0.4, -0.2) is 11.0 Å². The van der Waals surface area contributed by atoms with Crippen LogP contribution in [-0.2, 0) is 6.42 Å². The lowest BCUT2D eigenvalue weighted by Gasteiger charge is -2.06. The van der Waals surface area contributed by atoms with Crippen molar-refractivity contribution in [1.82, 2.24) is 4.98 Å². The van der Waals surface area contributed by atoms with E-state index in [9.17, 15) is 4.79 Å². The smallest absolute Gasteiger partial charge is 0.317 e. The molecule has 13 heavy (non-hydrogen) atoms. The first-order valence-corrected chi connectivity index (χ1v) is 4.24. The standard InChI is InChI=1S/C9H13N3O/c1-2-4-7-5-3-6-11-8(7)12-9(10)13/h3,5-6H,2,4H2,1H3,(H3,10,11,12,13). The molecule has 2 amide bonds. The van der Waals surface area contributed by atoms with Crippen molar-refractivity contribution in [2.45, 2.75) is 19.8 Å². The van der Waals surface area contributed by atoms with E-state index >= 15 is 0 Å². The van der Waals surface area contributed by atoms with Crippen molar-refractivity contribution in [3.63, 3.8) is 0 Å². The highest BCUT2D eigenvalue weighted by Gasteiger charge is 2.03. The third-order valence-electron chi connectivity index (χ3n) is 1.65. The maximum Gasteiger partial charge on any atom is 0.317 e. The summed E-state index contributed by atoms with van der Waals surface area (Å²) < 4.78 is 0. The van der Waals surface area contributed by atoms with Gasteiger partial charge < -0.3 is 5.73 Å². The van der Waals surface area contributed by atoms with Gasteiger partial charge in [0.25, 0.3) is 0 Å². The molecule has 1 heterocycles. The summed E-state index contributed by atoms with van der Waals surface area (Å²) in [4.78, 5) is 14.6. The predicted molar refractivity (Wildman–Crippen MR) is 51.4 cm³/mol. The van der Waals surface area contributed by atoms with E-state index in [1.54, 1.807) is 6.20 Å². The Kier molecular flexibility index (Phi) is 3.25. The Bertz CT molecular complexity index is 299. The molecule has 70 valence electrons. The van der Waals surface area contributed by atoms with Gasteiger partial charge in [-0.2, -0.15) is 0 Å². The number of urea groups is 1. The number of pyridine rings is 1. The SMILES string of the molecule is CCCc1cccnc1NC(N)=O. The van der Waals surface area contributed by atoms with Crippen LogP contribution in [0.2, 0.25) is 0 Å². The monoisotopic (exact) mass is 179 g/mol. The molecule has 0 aliphatic carbocycles. The molecule has 4 heteroatoms. The molecule has 0 atom stereocenters. The maximum absolute atomic E-state index is 10.6. The molecule has 1 aromatic rings. The minimum absolute atomic E-state index is 0.567. The average Bonchev–Trinajstić information content (AvgIpc) is 2.08. The lowest BCUT2D eigenvalue weighted by molar-refractivity contribution is 0.259. The van der Waals surface area contributed by atoms with Gasteiger partial charge in [0.05, 0.1) is 0 Å². The lowest BCUT2D eigenvalue weighted by Crippen LogP contribution is -2.21. The zero-order valence-electron chi connectivity index (χ0n) is 7.58. The van der Waals surface area contributed by atoms with Gasteiger partial charge in [-0.3, -0.25) is 5.32 Å². The van der Waals surface area contributed by atoms with E-state index in [-0.39, 0.29) is 0 Å². The number of aromatic nitrogens is 1. The second kappa shape index (κ2) is 4.45. The number of rotatable bonds is 3. The van der Waals surface area contributed by atoms with Crippen molar-refractivity contribution in [2.24, 2.45) is 5.73 Å². The van der Waals surface area contributed by atoms with Gasteiger partial charge in [0, 0.05) is 6.20 Å². The third-order valence-corrected chi connectivity index (χ3v) is 1.65. The van der Waals surface area contributed by atoms with Gasteiger partial charge in [-0.1, -0.05) is 19.4 Å². The van der Waals surface area contributed by atoms with Crippen molar-refractivity contribution in [2.75, 3.05) is 5.32 Å². The van der Waals surface area contributed by atoms with Crippen LogP contribution >= 0.6 is 0 Å². The van der Waals surface area contributed by atoms with Crippen LogP contribution in [0.15, 0.2) is 18.3 Å². The average molecular weight is 179 g/mol. The molecular formula is C9H13N3O. The highest BCUT2D eigenvalue weighted by atomic mass is 16.2. The fraction of sp³-hybridized carbons (Fsp3) is 0.333. The minimum Gasteiger partial charge on any atom is -0.351 e. The van der Waals surface area contributed by atoms with Crippen LogP contribution < -0.4 is 11.1 Å². The molecule has 0 bridgehead atoms. The second-order valence-corrected chi connectivity index (χ2v) is 2.75. The second-order valence-electron chi connectivity index (χ2n) is 2.75. The van der Waals surface area contributed by atoms with Crippen molar-refractivity contribution in [3.05, 3.63) is 23.9 Å². The van der Waals surface area contributed by atoms with E-state index in [4.69, 9.17) is 5.73 Å². The number of nitrogens with two attached hydrogens (primary N) is 1. The van der Waals surface area contributed by atoms with Crippen LogP contribution in [0, 0.1) is 0 Å². The van der Waals surface area contributed by atoms with Crippen LogP contribution in [0.5, 0.6) is 0 Å². The quantitative estimate of drug-likeness (QED) is 0.738. The zero-order valence-corrected chi connectivity index (χ0v) is 7.58. The van der Waals surface area contributed by atoms with Gasteiger partial charge in [0.2, 0.25) is 0 Å². The van der Waals surface area contributed by atoms with Crippen molar-refractivity contribution in [3.8, 4) is 0 Å². The molecular weight excluding hydrogens is 166 g/mol. The Hall–Kier alpha value is -1.58. The number of nitrogens with zero attached hydrogens (tertiary/aromatic N) is 1. The summed E-state index contributed by atoms with van der Waals surface area (Å²) in [6.45, 7) is 2.07. The van der Waals surface area contributed by atoms with Crippen LogP contribution in [0.4, 0.5) is 10.6 Å². The zero-order chi connectivity index (χ0) is 9.68. The van der Waals surface area contributed by atoms with E-state index in [2.05, 4.69) is 17.2 Å². The van der Waals surface area contributed by atoms with Crippen molar-refractivity contribution in [1.29, 1.82) is 0 Å². The van der Waals surface area contributed by atoms with Gasteiger partial charge >= 0.3 is 6.03 Å². The largest absolute Gasteiger partial charge is 0.351 e. The van der Waals surface area contributed by atoms with Gasteiger partial charge in [-0.15, -0.1) is 0 Å². The fourth-order valence-corrected chi connectivity index (χ4v) is 1.14. The molecule has 3 N–H and O–H groups in total. The molecule has 4 nitrogen and oxygen atoms in total. The molecule has 1 aromatic heterocycles. The molecule has 0 aliphatic rings. The molecule has 1 rings (SSSR count). The van der Waals surface area contributed by atoms with Crippen molar-refractivity contribution < 1.29 is 4.79 Å². The summed E-state index contributed by atoms with van der Waals surface area (Å²) in [5.74, 6) is 0.567. The van der Waals surface area contributed by atoms with Gasteiger partial charge in [-0.25, -0.2) is 9.78 Å². The summed E-state index contributed by atoms with van der Waals surface area (Å²) in [5, 5.41) is 2.49. The summed E-state index contributed by atoms with van der Waals surface area (Å²) >= 11 is 0. The first kappa shape index (κ1) is 9.51. The van der Waals surface area contributed by atoms with E-state index in [0.717, 1.165) is 18.4 Å². The Morgan fingerprint density at radius 2 is 2.46 bits per heavy atom. The summed E-state index contributed by atoms with van der Waals surface area (Å²) in [6, 6.07) is 3.20. The molecule has 0 fully saturated rings. The molecule has 0 radical (unpaired) electrons. The lowest BCUT2D eigenvalue weighted by atomic mass is 10.1. The number of hydrogen-bond donors (Lipinski definition) is 2. The highest BCUT2D eigenvalue weighted by molar-refractivity contribution is 5.87. The molecule has 0 saturated carbocycles. The topological polar surface area (TPSA) is 68.0 Å². The van der Waals surface area contributed by atoms with E-state index in [1.165, 1.54) is 0 Å². The molecule has 0 aromatic carbocycles. The number of hydrogen-bond acceptors (Lipinski definition) is 2. The Morgan fingerprint density at radius 3 is 3.08 bits per heavy atom. The number of primary amides is 1. The number of amides is 2. The number of anilines is 1. The van der Waals surface area contributed by atoms with Crippen molar-refractivity contribution >= 4 is 11.8 Å². The van der Waals surface area contributed by atoms with E-state index in [0.29, 0.717) is 5.82 Å². The van der Waals surface area contributed by atoms with Gasteiger partial charge in [-0.05, 0) is 18.1 Å². The van der Waals surface area contributed by atoms with Crippen LogP contribution in [0.3, 0.4) is 0 Å². The number of carbonyl (C=O) groups is 1. The van der Waals surface area contributed by atoms with E-state index < -0.39 is 6.03 Å². The van der Waals surface area contributed by atoms with Gasteiger partial charge in [0.15, 0.2) is 0 Å². The maximum atomic E-state index is 10.6. The van der Waals surface area contributed by atoms with E-state index in [1.807, 2.05) is 12.1 Å². The summed E-state index contributed by atoms with van der Waals surface area (Å²) in [6.07, 6.45) is 3.53. The molecule has 0 spiro atoms. The first-order chi connectivity index (χ1) is 6.24. The summed E-state index contributed by atoms with van der Waals surface area (Å²) in [5.41, 5.74) is 6.02. The molecule has 0 saturated heterocycles. The Labute approximate surface area is 77.2 Å². The normalized spacial score (nSPS) is 9.62. The number of carbonyl (C=O) groups excluding carboxylic acids is 1. The van der Waals surface area contributed by atoms with Crippen LogP contribution in [0.25, 0.3) is 0 Å². The molecule has 0 aliphatic heterocycles. The molecule has 0 unspecified atom stereocenters. The number of aryl methyl sites for hydroxylation is 1. The van der Waals surface area contributed by atoms with Crippen LogP contribution in [0.1, 0.15) is 18.9 Å².